The number of aliphatic hydroxyl groups is 1. The zero-order chi connectivity index (χ0) is 14.7. The maximum Gasteiger partial charge on any atom is 0.240 e. The van der Waals surface area contributed by atoms with Gasteiger partial charge in [0.15, 0.2) is 5.13 Å². The fourth-order valence-electron chi connectivity index (χ4n) is 3.09. The summed E-state index contributed by atoms with van der Waals surface area (Å²) in [5.74, 6) is 0.443. The SMILES string of the molecule is O=C(CN1CCC(CO)CC1)Nc1nc2c(s1)CCCC2. The largest absolute Gasteiger partial charge is 0.396 e. The molecular formula is C15H23N3O2S. The Morgan fingerprint density at radius 1 is 1.33 bits per heavy atom. The van der Waals surface area contributed by atoms with E-state index in [0.29, 0.717) is 12.5 Å². The van der Waals surface area contributed by atoms with Gasteiger partial charge in [-0.1, -0.05) is 0 Å². The zero-order valence-electron chi connectivity index (χ0n) is 12.3. The molecule has 1 saturated heterocycles. The Balaban J connectivity index is 1.49. The summed E-state index contributed by atoms with van der Waals surface area (Å²) >= 11 is 1.64. The summed E-state index contributed by atoms with van der Waals surface area (Å²) < 4.78 is 0. The van der Waals surface area contributed by atoms with Crippen molar-refractivity contribution in [3.63, 3.8) is 0 Å². The topological polar surface area (TPSA) is 65.5 Å². The van der Waals surface area contributed by atoms with E-state index in [1.807, 2.05) is 0 Å². The Bertz CT molecular complexity index is 472. The smallest absolute Gasteiger partial charge is 0.240 e. The van der Waals surface area contributed by atoms with Gasteiger partial charge in [-0.2, -0.15) is 0 Å². The van der Waals surface area contributed by atoms with E-state index in [1.54, 1.807) is 11.3 Å². The lowest BCUT2D eigenvalue weighted by molar-refractivity contribution is -0.117. The molecule has 3 rings (SSSR count). The van der Waals surface area contributed by atoms with Gasteiger partial charge in [-0.3, -0.25) is 9.69 Å². The van der Waals surface area contributed by atoms with E-state index in [9.17, 15) is 4.79 Å². The molecule has 2 N–H and O–H groups in total. The molecule has 21 heavy (non-hydrogen) atoms. The molecule has 1 fully saturated rings. The molecule has 0 bridgehead atoms. The van der Waals surface area contributed by atoms with Gasteiger partial charge in [0.25, 0.3) is 0 Å². The Hall–Kier alpha value is -0.980. The van der Waals surface area contributed by atoms with Crippen molar-refractivity contribution in [2.24, 2.45) is 5.92 Å². The number of nitrogens with zero attached hydrogens (tertiary/aromatic N) is 2. The number of anilines is 1. The van der Waals surface area contributed by atoms with E-state index < -0.39 is 0 Å². The van der Waals surface area contributed by atoms with Gasteiger partial charge in [-0.05, 0) is 57.5 Å². The lowest BCUT2D eigenvalue weighted by Gasteiger charge is -2.30. The van der Waals surface area contributed by atoms with Crippen LogP contribution in [0.5, 0.6) is 0 Å². The molecule has 0 unspecified atom stereocenters. The number of thiazole rings is 1. The van der Waals surface area contributed by atoms with Gasteiger partial charge >= 0.3 is 0 Å². The average Bonchev–Trinajstić information content (AvgIpc) is 2.90. The first-order chi connectivity index (χ1) is 10.2. The molecule has 2 heterocycles. The second-order valence-corrected chi connectivity index (χ2v) is 7.13. The average molecular weight is 309 g/mol. The summed E-state index contributed by atoms with van der Waals surface area (Å²) in [6, 6.07) is 0. The molecular weight excluding hydrogens is 286 g/mol. The number of piperidine rings is 1. The fraction of sp³-hybridized carbons (Fsp3) is 0.733. The molecule has 116 valence electrons. The third-order valence-corrected chi connectivity index (χ3v) is 5.50. The Morgan fingerprint density at radius 2 is 2.10 bits per heavy atom. The zero-order valence-corrected chi connectivity index (χ0v) is 13.1. The lowest BCUT2D eigenvalue weighted by Crippen LogP contribution is -2.39. The molecule has 1 amide bonds. The van der Waals surface area contributed by atoms with E-state index >= 15 is 0 Å². The number of hydrogen-bond acceptors (Lipinski definition) is 5. The highest BCUT2D eigenvalue weighted by atomic mass is 32.1. The number of likely N-dealkylation sites (tertiary alicyclic amines) is 1. The summed E-state index contributed by atoms with van der Waals surface area (Å²) in [5.41, 5.74) is 1.19. The van der Waals surface area contributed by atoms with Gasteiger partial charge in [0.05, 0.1) is 12.2 Å². The number of aromatic nitrogens is 1. The van der Waals surface area contributed by atoms with Gasteiger partial charge in [-0.15, -0.1) is 11.3 Å². The van der Waals surface area contributed by atoms with E-state index in [1.165, 1.54) is 23.4 Å². The molecule has 0 radical (unpaired) electrons. The number of amides is 1. The van der Waals surface area contributed by atoms with Crippen LogP contribution in [0.3, 0.4) is 0 Å². The fourth-order valence-corrected chi connectivity index (χ4v) is 4.16. The monoisotopic (exact) mass is 309 g/mol. The van der Waals surface area contributed by atoms with Crippen LogP contribution in [0.4, 0.5) is 5.13 Å². The van der Waals surface area contributed by atoms with Crippen LogP contribution in [0.15, 0.2) is 0 Å². The molecule has 1 aromatic heterocycles. The van der Waals surface area contributed by atoms with Crippen LogP contribution in [0.1, 0.15) is 36.3 Å². The highest BCUT2D eigenvalue weighted by Crippen LogP contribution is 2.29. The number of fused-ring (bicyclic) bond motifs is 1. The van der Waals surface area contributed by atoms with Crippen molar-refractivity contribution in [2.45, 2.75) is 38.5 Å². The molecule has 6 heteroatoms. The minimum absolute atomic E-state index is 0.0311. The maximum atomic E-state index is 12.1. The summed E-state index contributed by atoms with van der Waals surface area (Å²) in [6.07, 6.45) is 6.57. The van der Waals surface area contributed by atoms with Gasteiger partial charge in [0.1, 0.15) is 0 Å². The van der Waals surface area contributed by atoms with Crippen molar-refractivity contribution in [1.29, 1.82) is 0 Å². The number of nitrogens with one attached hydrogen (secondary N) is 1. The van der Waals surface area contributed by atoms with Crippen molar-refractivity contribution in [2.75, 3.05) is 31.6 Å². The summed E-state index contributed by atoms with van der Waals surface area (Å²) in [6.45, 7) is 2.49. The number of carbonyl (C=O) groups is 1. The van der Waals surface area contributed by atoms with Crippen LogP contribution < -0.4 is 5.32 Å². The highest BCUT2D eigenvalue weighted by Gasteiger charge is 2.21. The first-order valence-electron chi connectivity index (χ1n) is 7.86. The van der Waals surface area contributed by atoms with Crippen LogP contribution in [-0.4, -0.2) is 47.1 Å². The minimum Gasteiger partial charge on any atom is -0.396 e. The van der Waals surface area contributed by atoms with Crippen molar-refractivity contribution in [1.82, 2.24) is 9.88 Å². The highest BCUT2D eigenvalue weighted by molar-refractivity contribution is 7.15. The molecule has 0 spiro atoms. The van der Waals surface area contributed by atoms with Crippen LogP contribution in [-0.2, 0) is 17.6 Å². The number of carbonyl (C=O) groups excluding carboxylic acids is 1. The first-order valence-corrected chi connectivity index (χ1v) is 8.68. The second-order valence-electron chi connectivity index (χ2n) is 6.05. The van der Waals surface area contributed by atoms with Gasteiger partial charge in [0.2, 0.25) is 5.91 Å². The molecule has 5 nitrogen and oxygen atoms in total. The Morgan fingerprint density at radius 3 is 2.81 bits per heavy atom. The van der Waals surface area contributed by atoms with Crippen LogP contribution in [0.2, 0.25) is 0 Å². The van der Waals surface area contributed by atoms with Crippen molar-refractivity contribution in [3.8, 4) is 0 Å². The Labute approximate surface area is 129 Å². The number of aryl methyl sites for hydroxylation is 2. The van der Waals surface area contributed by atoms with Gasteiger partial charge < -0.3 is 10.4 Å². The predicted molar refractivity (Wildman–Crippen MR) is 83.6 cm³/mol. The number of rotatable bonds is 4. The first kappa shape index (κ1) is 14.9. The van der Waals surface area contributed by atoms with E-state index in [0.717, 1.165) is 43.9 Å². The number of hydrogen-bond donors (Lipinski definition) is 2. The van der Waals surface area contributed by atoms with Gasteiger partial charge in [-0.25, -0.2) is 4.98 Å². The molecule has 0 atom stereocenters. The predicted octanol–water partition coefficient (Wildman–Crippen LogP) is 1.66. The quantitative estimate of drug-likeness (QED) is 0.888. The normalized spacial score (nSPS) is 20.2. The summed E-state index contributed by atoms with van der Waals surface area (Å²) in [5, 5.41) is 12.8. The molecule has 1 aliphatic carbocycles. The van der Waals surface area contributed by atoms with Crippen molar-refractivity contribution in [3.05, 3.63) is 10.6 Å². The third-order valence-electron chi connectivity index (χ3n) is 4.42. The van der Waals surface area contributed by atoms with Gasteiger partial charge in [0, 0.05) is 11.5 Å². The molecule has 2 aliphatic rings. The van der Waals surface area contributed by atoms with Crippen molar-refractivity contribution >= 4 is 22.4 Å². The minimum atomic E-state index is 0.0311. The van der Waals surface area contributed by atoms with Crippen LogP contribution >= 0.6 is 11.3 Å². The molecule has 0 aromatic carbocycles. The standard InChI is InChI=1S/C15H23N3O2S/c19-10-11-5-7-18(8-6-11)9-14(20)17-15-16-12-3-1-2-4-13(12)21-15/h11,19H,1-10H2,(H,16,17,20). The van der Waals surface area contributed by atoms with E-state index in [4.69, 9.17) is 5.11 Å². The Kier molecular flexibility index (Phi) is 4.87. The number of aliphatic hydroxyl groups excluding tert-OH is 1. The summed E-state index contributed by atoms with van der Waals surface area (Å²) in [4.78, 5) is 20.2. The molecule has 1 aliphatic heterocycles. The molecule has 1 aromatic rings. The van der Waals surface area contributed by atoms with Crippen LogP contribution in [0, 0.1) is 5.92 Å². The van der Waals surface area contributed by atoms with Crippen LogP contribution in [0.25, 0.3) is 0 Å². The lowest BCUT2D eigenvalue weighted by atomic mass is 9.98. The maximum absolute atomic E-state index is 12.1. The second kappa shape index (κ2) is 6.85. The molecule has 0 saturated carbocycles. The van der Waals surface area contributed by atoms with E-state index in [-0.39, 0.29) is 12.5 Å². The van der Waals surface area contributed by atoms with E-state index in [2.05, 4.69) is 15.2 Å². The third kappa shape index (κ3) is 3.81. The summed E-state index contributed by atoms with van der Waals surface area (Å²) in [7, 11) is 0. The van der Waals surface area contributed by atoms with Crippen molar-refractivity contribution < 1.29 is 9.90 Å².